The summed E-state index contributed by atoms with van der Waals surface area (Å²) in [6.07, 6.45) is 6.24. The third-order valence-electron chi connectivity index (χ3n) is 4.11. The van der Waals surface area contributed by atoms with Gasteiger partial charge in [-0.2, -0.15) is 0 Å². The van der Waals surface area contributed by atoms with Crippen LogP contribution in [0, 0.1) is 12.3 Å². The highest BCUT2D eigenvalue weighted by Crippen LogP contribution is 2.19. The fourth-order valence-electron chi connectivity index (χ4n) is 2.67. The molecular weight excluding hydrogens is 372 g/mol. The van der Waals surface area contributed by atoms with Crippen molar-refractivity contribution in [2.24, 2.45) is 0 Å². The van der Waals surface area contributed by atoms with Gasteiger partial charge in [0.15, 0.2) is 12.4 Å². The summed E-state index contributed by atoms with van der Waals surface area (Å²) in [6, 6.07) is 17.2. The zero-order chi connectivity index (χ0) is 20.5. The Morgan fingerprint density at radius 2 is 1.55 bits per heavy atom. The van der Waals surface area contributed by atoms with E-state index in [0.29, 0.717) is 11.1 Å². The number of carbonyl (C=O) groups is 2. The van der Waals surface area contributed by atoms with E-state index in [2.05, 4.69) is 5.92 Å². The van der Waals surface area contributed by atoms with Crippen LogP contribution in [-0.2, 0) is 18.9 Å². The molecule has 3 rings (SSSR count). The van der Waals surface area contributed by atoms with Gasteiger partial charge in [0.1, 0.15) is 19.3 Å². The fraction of sp³-hybridized carbons (Fsp3) is 0.217. The van der Waals surface area contributed by atoms with Crippen LogP contribution in [0.3, 0.4) is 0 Å². The molecule has 29 heavy (non-hydrogen) atoms. The number of hydrogen-bond donors (Lipinski definition) is 0. The maximum Gasteiger partial charge on any atom is 0.338 e. The lowest BCUT2D eigenvalue weighted by Gasteiger charge is -2.31. The Balaban J connectivity index is 1.67. The Labute approximate surface area is 169 Å². The highest BCUT2D eigenvalue weighted by atomic mass is 16.7. The molecule has 0 saturated carbocycles. The summed E-state index contributed by atoms with van der Waals surface area (Å²) in [7, 11) is 0. The van der Waals surface area contributed by atoms with E-state index < -0.39 is 30.4 Å². The molecule has 2 aromatic carbocycles. The summed E-state index contributed by atoms with van der Waals surface area (Å²) in [5.74, 6) is 1.35. The second-order valence-corrected chi connectivity index (χ2v) is 6.14. The van der Waals surface area contributed by atoms with Gasteiger partial charge in [0, 0.05) is 0 Å². The normalized spacial score (nSPS) is 20.4. The summed E-state index contributed by atoms with van der Waals surface area (Å²) in [4.78, 5) is 24.6. The van der Waals surface area contributed by atoms with Crippen molar-refractivity contribution in [3.8, 4) is 12.3 Å². The molecule has 1 heterocycles. The Morgan fingerprint density at radius 3 is 2.17 bits per heavy atom. The molecule has 6 nitrogen and oxygen atoms in total. The minimum Gasteiger partial charge on any atom is -0.459 e. The van der Waals surface area contributed by atoms with Gasteiger partial charge in [-0.15, -0.1) is 6.42 Å². The van der Waals surface area contributed by atoms with Crippen molar-refractivity contribution in [1.29, 1.82) is 0 Å². The average Bonchev–Trinajstić information content (AvgIpc) is 2.78. The lowest BCUT2D eigenvalue weighted by Crippen LogP contribution is -2.42. The first-order valence-corrected chi connectivity index (χ1v) is 9.04. The number of carbonyl (C=O) groups excluding carboxylic acids is 2. The Bertz CT molecular complexity index is 885. The molecule has 3 atom stereocenters. The fourth-order valence-corrected chi connectivity index (χ4v) is 2.67. The van der Waals surface area contributed by atoms with Gasteiger partial charge in [0.25, 0.3) is 0 Å². The summed E-state index contributed by atoms with van der Waals surface area (Å²) in [5.41, 5.74) is 0.823. The first-order valence-electron chi connectivity index (χ1n) is 9.04. The van der Waals surface area contributed by atoms with Crippen LogP contribution in [0.5, 0.6) is 0 Å². The van der Waals surface area contributed by atoms with E-state index in [1.54, 1.807) is 72.8 Å². The van der Waals surface area contributed by atoms with Crippen molar-refractivity contribution in [3.63, 3.8) is 0 Å². The minimum atomic E-state index is -0.753. The van der Waals surface area contributed by atoms with Crippen LogP contribution in [0.25, 0.3) is 0 Å². The van der Waals surface area contributed by atoms with Crippen LogP contribution in [0.4, 0.5) is 0 Å². The van der Waals surface area contributed by atoms with Gasteiger partial charge >= 0.3 is 11.9 Å². The van der Waals surface area contributed by atoms with Crippen LogP contribution in [-0.4, -0.2) is 43.7 Å². The third-order valence-corrected chi connectivity index (χ3v) is 4.11. The maximum absolute atomic E-state index is 12.4. The van der Waals surface area contributed by atoms with Crippen LogP contribution in [0.1, 0.15) is 20.7 Å². The number of rotatable bonds is 7. The molecular formula is C23H20O6. The standard InChI is InChI=1S/C23H20O6/c1-2-15-26-21-14-13-19(29-23(25)18-11-7-4-8-12-18)20(28-21)16-27-22(24)17-9-5-3-6-10-17/h1,3-14,19-21H,15-16H2/t19-,20+,21?/m0/s1. The van der Waals surface area contributed by atoms with Crippen molar-refractivity contribution < 1.29 is 28.5 Å². The Hall–Kier alpha value is -3.40. The van der Waals surface area contributed by atoms with E-state index in [0.717, 1.165) is 0 Å². The zero-order valence-electron chi connectivity index (χ0n) is 15.6. The van der Waals surface area contributed by atoms with E-state index in [1.165, 1.54) is 0 Å². The van der Waals surface area contributed by atoms with E-state index in [9.17, 15) is 9.59 Å². The molecule has 0 amide bonds. The van der Waals surface area contributed by atoms with E-state index >= 15 is 0 Å². The molecule has 0 aromatic heterocycles. The number of benzene rings is 2. The highest BCUT2D eigenvalue weighted by Gasteiger charge is 2.32. The van der Waals surface area contributed by atoms with Crippen LogP contribution >= 0.6 is 0 Å². The van der Waals surface area contributed by atoms with Gasteiger partial charge in [-0.25, -0.2) is 9.59 Å². The monoisotopic (exact) mass is 392 g/mol. The van der Waals surface area contributed by atoms with Crippen LogP contribution < -0.4 is 0 Å². The van der Waals surface area contributed by atoms with Gasteiger partial charge in [0.05, 0.1) is 11.1 Å². The van der Waals surface area contributed by atoms with Crippen LogP contribution in [0.15, 0.2) is 72.8 Å². The second kappa shape index (κ2) is 10.2. The van der Waals surface area contributed by atoms with Crippen molar-refractivity contribution in [2.45, 2.75) is 18.5 Å². The summed E-state index contributed by atoms with van der Waals surface area (Å²) >= 11 is 0. The van der Waals surface area contributed by atoms with Gasteiger partial charge in [0.2, 0.25) is 0 Å². The lowest BCUT2D eigenvalue weighted by molar-refractivity contribution is -0.175. The summed E-state index contributed by atoms with van der Waals surface area (Å²) in [5, 5.41) is 0. The average molecular weight is 392 g/mol. The molecule has 0 spiro atoms. The molecule has 1 aliphatic heterocycles. The number of ether oxygens (including phenoxy) is 4. The SMILES string of the molecule is C#CCOC1C=C[C@H](OC(=O)c2ccccc2)[C@@H](COC(=O)c2ccccc2)O1. The zero-order valence-corrected chi connectivity index (χ0v) is 15.6. The Kier molecular flexibility index (Phi) is 7.17. The number of esters is 2. The predicted molar refractivity (Wildman–Crippen MR) is 105 cm³/mol. The van der Waals surface area contributed by atoms with Gasteiger partial charge < -0.3 is 18.9 Å². The smallest absolute Gasteiger partial charge is 0.338 e. The molecule has 0 saturated heterocycles. The molecule has 0 bridgehead atoms. The van der Waals surface area contributed by atoms with Crippen LogP contribution in [0.2, 0.25) is 0 Å². The minimum absolute atomic E-state index is 0.0556. The predicted octanol–water partition coefficient (Wildman–Crippen LogP) is 3.00. The van der Waals surface area contributed by atoms with E-state index in [1.807, 2.05) is 0 Å². The van der Waals surface area contributed by atoms with Crippen molar-refractivity contribution in [1.82, 2.24) is 0 Å². The second-order valence-electron chi connectivity index (χ2n) is 6.14. The molecule has 148 valence electrons. The first-order chi connectivity index (χ1) is 14.2. The van der Waals surface area contributed by atoms with Gasteiger partial charge in [-0.1, -0.05) is 42.3 Å². The quantitative estimate of drug-likeness (QED) is 0.410. The molecule has 0 aliphatic carbocycles. The highest BCUT2D eigenvalue weighted by molar-refractivity contribution is 5.90. The summed E-state index contributed by atoms with van der Waals surface area (Å²) in [6.45, 7) is -0.0687. The van der Waals surface area contributed by atoms with Crippen molar-refractivity contribution in [3.05, 3.63) is 83.9 Å². The summed E-state index contributed by atoms with van der Waals surface area (Å²) < 4.78 is 22.0. The van der Waals surface area contributed by atoms with Crippen molar-refractivity contribution >= 4 is 11.9 Å². The van der Waals surface area contributed by atoms with Gasteiger partial charge in [-0.05, 0) is 36.4 Å². The number of terminal acetylenes is 1. The maximum atomic E-state index is 12.4. The van der Waals surface area contributed by atoms with E-state index in [-0.39, 0.29) is 13.2 Å². The molecule has 2 aromatic rings. The molecule has 0 N–H and O–H groups in total. The largest absolute Gasteiger partial charge is 0.459 e. The van der Waals surface area contributed by atoms with Gasteiger partial charge in [-0.3, -0.25) is 0 Å². The lowest BCUT2D eigenvalue weighted by atomic mass is 10.1. The number of hydrogen-bond acceptors (Lipinski definition) is 6. The molecule has 0 radical (unpaired) electrons. The topological polar surface area (TPSA) is 71.1 Å². The molecule has 1 aliphatic rings. The van der Waals surface area contributed by atoms with Crippen molar-refractivity contribution in [2.75, 3.05) is 13.2 Å². The first kappa shape index (κ1) is 20.3. The van der Waals surface area contributed by atoms with E-state index in [4.69, 9.17) is 25.4 Å². The molecule has 1 unspecified atom stereocenters. The Morgan fingerprint density at radius 1 is 0.931 bits per heavy atom. The molecule has 0 fully saturated rings. The third kappa shape index (κ3) is 5.79. The molecule has 6 heteroatoms.